The molecule has 1 aromatic heterocycles. The summed E-state index contributed by atoms with van der Waals surface area (Å²) < 4.78 is 13.9. The highest BCUT2D eigenvalue weighted by Gasteiger charge is 2.17. The van der Waals surface area contributed by atoms with E-state index in [1.54, 1.807) is 6.07 Å². The van der Waals surface area contributed by atoms with Gasteiger partial charge in [0.1, 0.15) is 19.8 Å². The number of halogens is 1. The molecule has 25 heavy (non-hydrogen) atoms. The second kappa shape index (κ2) is 6.44. The largest absolute Gasteiger partial charge is 0.486 e. The Balaban J connectivity index is 1.57. The zero-order valence-corrected chi connectivity index (χ0v) is 15.3. The lowest BCUT2D eigenvalue weighted by Gasteiger charge is -2.20. The third kappa shape index (κ3) is 3.09. The summed E-state index contributed by atoms with van der Waals surface area (Å²) in [6, 6.07) is 13.7. The van der Waals surface area contributed by atoms with Gasteiger partial charge < -0.3 is 19.4 Å². The Morgan fingerprint density at radius 3 is 2.68 bits per heavy atom. The number of aryl methyl sites for hydroxylation is 1. The highest BCUT2D eigenvalue weighted by molar-refractivity contribution is 9.10. The van der Waals surface area contributed by atoms with Crippen LogP contribution in [0.25, 0.3) is 10.9 Å². The van der Waals surface area contributed by atoms with Crippen molar-refractivity contribution >= 4 is 38.4 Å². The normalized spacial score (nSPS) is 13.0. The smallest absolute Gasteiger partial charge is 0.244 e. The number of hydrogen-bond acceptors (Lipinski definition) is 3. The van der Waals surface area contributed by atoms with Crippen LogP contribution in [0.5, 0.6) is 11.5 Å². The van der Waals surface area contributed by atoms with Crippen molar-refractivity contribution in [3.05, 3.63) is 52.6 Å². The molecule has 3 aromatic rings. The zero-order valence-electron chi connectivity index (χ0n) is 13.7. The number of anilines is 1. The number of nitrogens with one attached hydrogen (secondary N) is 1. The lowest BCUT2D eigenvalue weighted by atomic mass is 10.2. The molecule has 0 spiro atoms. The molecule has 0 fully saturated rings. The van der Waals surface area contributed by atoms with Gasteiger partial charge in [-0.25, -0.2) is 0 Å². The van der Waals surface area contributed by atoms with E-state index in [0.717, 1.165) is 21.1 Å². The summed E-state index contributed by atoms with van der Waals surface area (Å²) in [6.07, 6.45) is 0. The van der Waals surface area contributed by atoms with E-state index in [9.17, 15) is 4.79 Å². The first-order chi connectivity index (χ1) is 12.1. The van der Waals surface area contributed by atoms with Crippen molar-refractivity contribution in [2.45, 2.75) is 13.5 Å². The molecule has 2 heterocycles. The monoisotopic (exact) mass is 400 g/mol. The third-order valence-electron chi connectivity index (χ3n) is 4.23. The predicted octanol–water partition coefficient (Wildman–Crippen LogP) is 4.12. The number of carbonyl (C=O) groups excluding carboxylic acids is 1. The zero-order chi connectivity index (χ0) is 17.4. The van der Waals surface area contributed by atoms with E-state index in [1.165, 1.54) is 0 Å². The Morgan fingerprint density at radius 1 is 1.16 bits per heavy atom. The number of nitrogens with zero attached hydrogens (tertiary/aromatic N) is 1. The van der Waals surface area contributed by atoms with E-state index < -0.39 is 0 Å². The van der Waals surface area contributed by atoms with Gasteiger partial charge in [0, 0.05) is 27.8 Å². The minimum atomic E-state index is -0.0955. The van der Waals surface area contributed by atoms with Crippen LogP contribution in [0.4, 0.5) is 5.69 Å². The SMILES string of the molecule is Cc1cc2ccccc2n1CC(=O)Nc1cc2c(cc1Br)OCCO2. The van der Waals surface area contributed by atoms with Crippen LogP contribution in [-0.2, 0) is 11.3 Å². The molecule has 0 saturated heterocycles. The van der Waals surface area contributed by atoms with Gasteiger partial charge >= 0.3 is 0 Å². The van der Waals surface area contributed by atoms with Crippen LogP contribution >= 0.6 is 15.9 Å². The molecular formula is C19H17BrN2O3. The lowest BCUT2D eigenvalue weighted by Crippen LogP contribution is -2.20. The summed E-state index contributed by atoms with van der Waals surface area (Å²) in [6.45, 7) is 3.30. The van der Waals surface area contributed by atoms with Gasteiger partial charge in [0.25, 0.3) is 0 Å². The minimum Gasteiger partial charge on any atom is -0.486 e. The van der Waals surface area contributed by atoms with E-state index in [-0.39, 0.29) is 12.5 Å². The topological polar surface area (TPSA) is 52.5 Å². The number of fused-ring (bicyclic) bond motifs is 2. The highest BCUT2D eigenvalue weighted by Crippen LogP contribution is 2.38. The summed E-state index contributed by atoms with van der Waals surface area (Å²) in [7, 11) is 0. The molecule has 4 rings (SSSR count). The van der Waals surface area contributed by atoms with E-state index in [1.807, 2.05) is 41.8 Å². The number of hydrogen-bond donors (Lipinski definition) is 1. The van der Waals surface area contributed by atoms with Gasteiger partial charge in [-0.3, -0.25) is 4.79 Å². The van der Waals surface area contributed by atoms with Crippen LogP contribution in [0.3, 0.4) is 0 Å². The number of amides is 1. The number of ether oxygens (including phenoxy) is 2. The second-order valence-electron chi connectivity index (χ2n) is 5.95. The highest BCUT2D eigenvalue weighted by atomic mass is 79.9. The molecule has 1 amide bonds. The number of rotatable bonds is 3. The maximum absolute atomic E-state index is 12.6. The van der Waals surface area contributed by atoms with Crippen LogP contribution in [0.15, 0.2) is 46.9 Å². The number of aromatic nitrogens is 1. The fraction of sp³-hybridized carbons (Fsp3) is 0.211. The third-order valence-corrected chi connectivity index (χ3v) is 4.88. The summed E-state index contributed by atoms with van der Waals surface area (Å²) >= 11 is 3.48. The van der Waals surface area contributed by atoms with Crippen molar-refractivity contribution in [3.63, 3.8) is 0 Å². The van der Waals surface area contributed by atoms with Gasteiger partial charge in [-0.05, 0) is 40.4 Å². The van der Waals surface area contributed by atoms with Gasteiger partial charge in [0.05, 0.1) is 5.69 Å². The number of benzene rings is 2. The summed E-state index contributed by atoms with van der Waals surface area (Å²) in [5.74, 6) is 1.23. The van der Waals surface area contributed by atoms with Crippen LogP contribution in [0.1, 0.15) is 5.69 Å². The van der Waals surface area contributed by atoms with Gasteiger partial charge in [-0.1, -0.05) is 18.2 Å². The molecule has 6 heteroatoms. The van der Waals surface area contributed by atoms with Crippen LogP contribution in [0.2, 0.25) is 0 Å². The Hall–Kier alpha value is -2.47. The fourth-order valence-electron chi connectivity index (χ4n) is 3.05. The minimum absolute atomic E-state index is 0.0955. The van der Waals surface area contributed by atoms with Crippen molar-refractivity contribution in [1.82, 2.24) is 4.57 Å². The Kier molecular flexibility index (Phi) is 4.13. The Bertz CT molecular complexity index is 965. The molecule has 128 valence electrons. The predicted molar refractivity (Wildman–Crippen MR) is 100 cm³/mol. The number of para-hydroxylation sites is 1. The van der Waals surface area contributed by atoms with Gasteiger partial charge in [0.15, 0.2) is 11.5 Å². The summed E-state index contributed by atoms with van der Waals surface area (Å²) in [5.41, 5.74) is 2.78. The molecule has 0 atom stereocenters. The first kappa shape index (κ1) is 16.0. The lowest BCUT2D eigenvalue weighted by molar-refractivity contribution is -0.116. The molecule has 2 aromatic carbocycles. The van der Waals surface area contributed by atoms with Crippen LogP contribution < -0.4 is 14.8 Å². The van der Waals surface area contributed by atoms with E-state index in [2.05, 4.69) is 27.3 Å². The van der Waals surface area contributed by atoms with Crippen molar-refractivity contribution in [2.24, 2.45) is 0 Å². The van der Waals surface area contributed by atoms with Gasteiger partial charge in [-0.15, -0.1) is 0 Å². The molecule has 1 aliphatic heterocycles. The molecular weight excluding hydrogens is 384 g/mol. The molecule has 0 unspecified atom stereocenters. The average molecular weight is 401 g/mol. The standard InChI is InChI=1S/C19H17BrN2O3/c1-12-8-13-4-2-3-5-16(13)22(12)11-19(23)21-15-10-18-17(9-14(15)20)24-6-7-25-18/h2-5,8-10H,6-7,11H2,1H3,(H,21,23). The molecule has 5 nitrogen and oxygen atoms in total. The average Bonchev–Trinajstić information content (AvgIpc) is 2.91. The Labute approximate surface area is 153 Å². The summed E-state index contributed by atoms with van der Waals surface area (Å²) in [5, 5.41) is 4.08. The molecule has 0 bridgehead atoms. The van der Waals surface area contributed by atoms with Crippen molar-refractivity contribution in [1.29, 1.82) is 0 Å². The molecule has 0 radical (unpaired) electrons. The first-order valence-electron chi connectivity index (χ1n) is 8.06. The quantitative estimate of drug-likeness (QED) is 0.719. The molecule has 1 aliphatic rings. The molecule has 0 aliphatic carbocycles. The van der Waals surface area contributed by atoms with Crippen molar-refractivity contribution < 1.29 is 14.3 Å². The molecule has 1 N–H and O–H groups in total. The van der Waals surface area contributed by atoms with Crippen molar-refractivity contribution in [3.8, 4) is 11.5 Å². The summed E-state index contributed by atoms with van der Waals surface area (Å²) in [4.78, 5) is 12.6. The van der Waals surface area contributed by atoms with Crippen molar-refractivity contribution in [2.75, 3.05) is 18.5 Å². The maximum Gasteiger partial charge on any atom is 0.244 e. The molecule has 0 saturated carbocycles. The fourth-order valence-corrected chi connectivity index (χ4v) is 3.47. The van der Waals surface area contributed by atoms with Gasteiger partial charge in [-0.2, -0.15) is 0 Å². The second-order valence-corrected chi connectivity index (χ2v) is 6.81. The maximum atomic E-state index is 12.6. The first-order valence-corrected chi connectivity index (χ1v) is 8.85. The van der Waals surface area contributed by atoms with E-state index >= 15 is 0 Å². The van der Waals surface area contributed by atoms with Crippen LogP contribution in [-0.4, -0.2) is 23.7 Å². The number of carbonyl (C=O) groups is 1. The van der Waals surface area contributed by atoms with E-state index in [0.29, 0.717) is 30.4 Å². The van der Waals surface area contributed by atoms with Gasteiger partial charge in [0.2, 0.25) is 5.91 Å². The Morgan fingerprint density at radius 2 is 1.88 bits per heavy atom. The van der Waals surface area contributed by atoms with E-state index in [4.69, 9.17) is 9.47 Å². The van der Waals surface area contributed by atoms with Crippen LogP contribution in [0, 0.1) is 6.92 Å².